The molecule has 0 saturated carbocycles. The smallest absolute Gasteiger partial charge is 0.403 e. The van der Waals surface area contributed by atoms with E-state index >= 15 is 0 Å². The van der Waals surface area contributed by atoms with E-state index in [4.69, 9.17) is 16.3 Å². The first-order valence-corrected chi connectivity index (χ1v) is 7.85. The maximum absolute atomic E-state index is 10.8. The quantitative estimate of drug-likeness (QED) is 0.513. The molecule has 4 rings (SSSR count). The third kappa shape index (κ3) is 2.43. The molecule has 1 aromatic heterocycles. The summed E-state index contributed by atoms with van der Waals surface area (Å²) in [5.41, 5.74) is 2.62. The van der Waals surface area contributed by atoms with Crippen LogP contribution in [-0.2, 0) is 11.2 Å². The van der Waals surface area contributed by atoms with Gasteiger partial charge in [-0.3, -0.25) is 0 Å². The van der Waals surface area contributed by atoms with E-state index in [1.165, 1.54) is 21.5 Å². The first kappa shape index (κ1) is 14.1. The van der Waals surface area contributed by atoms with Crippen LogP contribution in [0.5, 0.6) is 0 Å². The molecule has 0 aliphatic carbocycles. The molecule has 0 saturated heterocycles. The highest BCUT2D eigenvalue weighted by Gasteiger charge is 2.10. The van der Waals surface area contributed by atoms with Gasteiger partial charge in [0.05, 0.1) is 12.1 Å². The number of benzene rings is 3. The summed E-state index contributed by atoms with van der Waals surface area (Å²) >= 11 is 5.24. The molecule has 3 aromatic carbocycles. The third-order valence-electron chi connectivity index (χ3n) is 4.20. The predicted octanol–water partition coefficient (Wildman–Crippen LogP) is 5.39. The summed E-state index contributed by atoms with van der Waals surface area (Å²) < 4.78 is 4.88. The topological polar surface area (TPSA) is 42.1 Å². The SMILES string of the molecule is O=C(Cl)OCCc1cccc2ccc3c4ccccc4[nH]c3c12. The fraction of sp³-hybridized carbons (Fsp3) is 0.105. The number of nitrogens with one attached hydrogen (secondary N) is 1. The summed E-state index contributed by atoms with van der Waals surface area (Å²) in [6, 6.07) is 18.7. The Labute approximate surface area is 137 Å². The highest BCUT2D eigenvalue weighted by atomic mass is 35.5. The highest BCUT2D eigenvalue weighted by Crippen LogP contribution is 2.33. The first-order chi connectivity index (χ1) is 11.2. The first-order valence-electron chi connectivity index (χ1n) is 7.47. The lowest BCUT2D eigenvalue weighted by atomic mass is 9.99. The second-order valence-electron chi connectivity index (χ2n) is 5.51. The molecular formula is C19H14ClNO2. The van der Waals surface area contributed by atoms with Gasteiger partial charge in [-0.25, -0.2) is 4.79 Å². The minimum absolute atomic E-state index is 0.276. The van der Waals surface area contributed by atoms with Gasteiger partial charge in [-0.15, -0.1) is 0 Å². The molecule has 4 aromatic rings. The molecule has 3 nitrogen and oxygen atoms in total. The maximum Gasteiger partial charge on any atom is 0.403 e. The van der Waals surface area contributed by atoms with Gasteiger partial charge in [-0.05, 0) is 17.0 Å². The second-order valence-corrected chi connectivity index (χ2v) is 5.82. The molecule has 0 spiro atoms. The lowest BCUT2D eigenvalue weighted by molar-refractivity contribution is 0.175. The number of aromatic amines is 1. The number of rotatable bonds is 3. The van der Waals surface area contributed by atoms with Crippen molar-refractivity contribution in [2.24, 2.45) is 0 Å². The zero-order valence-corrected chi connectivity index (χ0v) is 13.1. The Morgan fingerprint density at radius 2 is 1.87 bits per heavy atom. The summed E-state index contributed by atoms with van der Waals surface area (Å²) in [5.74, 6) is 0. The van der Waals surface area contributed by atoms with Crippen molar-refractivity contribution in [2.75, 3.05) is 6.61 Å². The van der Waals surface area contributed by atoms with E-state index in [1.54, 1.807) is 0 Å². The lowest BCUT2D eigenvalue weighted by Gasteiger charge is -2.08. The van der Waals surface area contributed by atoms with E-state index in [2.05, 4.69) is 41.4 Å². The Balaban J connectivity index is 1.94. The van der Waals surface area contributed by atoms with Crippen LogP contribution in [0.25, 0.3) is 32.6 Å². The minimum Gasteiger partial charge on any atom is -0.453 e. The van der Waals surface area contributed by atoms with Crippen molar-refractivity contribution >= 4 is 49.6 Å². The number of ether oxygens (including phenoxy) is 1. The van der Waals surface area contributed by atoms with Gasteiger partial charge in [0.1, 0.15) is 0 Å². The van der Waals surface area contributed by atoms with Crippen LogP contribution in [0.1, 0.15) is 5.56 Å². The predicted molar refractivity (Wildman–Crippen MR) is 94.2 cm³/mol. The maximum atomic E-state index is 10.8. The standard InChI is InChI=1S/C19H14ClNO2/c20-19(22)23-11-10-13-5-3-4-12-8-9-15-14-6-1-2-7-16(14)21-18(15)17(12)13/h1-9,21H,10-11H2. The van der Waals surface area contributed by atoms with Crippen LogP contribution in [0.4, 0.5) is 4.79 Å². The van der Waals surface area contributed by atoms with Gasteiger partial charge in [0, 0.05) is 39.7 Å². The molecule has 1 heterocycles. The monoisotopic (exact) mass is 323 g/mol. The van der Waals surface area contributed by atoms with Crippen LogP contribution >= 0.6 is 11.6 Å². The van der Waals surface area contributed by atoms with Crippen molar-refractivity contribution in [2.45, 2.75) is 6.42 Å². The number of hydrogen-bond acceptors (Lipinski definition) is 2. The zero-order chi connectivity index (χ0) is 15.8. The van der Waals surface area contributed by atoms with Gasteiger partial charge >= 0.3 is 5.43 Å². The van der Waals surface area contributed by atoms with Crippen LogP contribution in [0.2, 0.25) is 0 Å². The molecule has 0 radical (unpaired) electrons. The van der Waals surface area contributed by atoms with Crippen LogP contribution in [0, 0.1) is 0 Å². The molecule has 0 aliphatic heterocycles. The van der Waals surface area contributed by atoms with E-state index in [9.17, 15) is 4.79 Å². The number of H-pyrrole nitrogens is 1. The summed E-state index contributed by atoms with van der Waals surface area (Å²) in [5, 5.41) is 4.76. The summed E-state index contributed by atoms with van der Waals surface area (Å²) in [4.78, 5) is 14.3. The Kier molecular flexibility index (Phi) is 3.43. The summed E-state index contributed by atoms with van der Waals surface area (Å²) in [6.45, 7) is 0.276. The number of carbonyl (C=O) groups excluding carboxylic acids is 1. The third-order valence-corrected chi connectivity index (χ3v) is 4.30. The molecule has 0 aliphatic rings. The van der Waals surface area contributed by atoms with Crippen molar-refractivity contribution < 1.29 is 9.53 Å². The molecule has 114 valence electrons. The molecule has 0 fully saturated rings. The lowest BCUT2D eigenvalue weighted by Crippen LogP contribution is -2.00. The van der Waals surface area contributed by atoms with Gasteiger partial charge in [-0.1, -0.05) is 48.5 Å². The molecule has 1 N–H and O–H groups in total. The molecule has 23 heavy (non-hydrogen) atoms. The molecule has 4 heteroatoms. The minimum atomic E-state index is -0.763. The number of fused-ring (bicyclic) bond motifs is 5. The number of aromatic nitrogens is 1. The van der Waals surface area contributed by atoms with E-state index in [-0.39, 0.29) is 6.61 Å². The van der Waals surface area contributed by atoms with Crippen molar-refractivity contribution in [1.29, 1.82) is 0 Å². The van der Waals surface area contributed by atoms with E-state index in [0.29, 0.717) is 6.42 Å². The number of hydrogen-bond donors (Lipinski definition) is 1. The Hall–Kier alpha value is -2.52. The normalized spacial score (nSPS) is 11.3. The molecule has 0 bridgehead atoms. The fourth-order valence-corrected chi connectivity index (χ4v) is 3.30. The van der Waals surface area contributed by atoms with Crippen LogP contribution in [0.15, 0.2) is 54.6 Å². The Morgan fingerprint density at radius 3 is 2.74 bits per heavy atom. The molecule has 0 unspecified atom stereocenters. The fourth-order valence-electron chi connectivity index (χ4n) is 3.22. The van der Waals surface area contributed by atoms with Crippen molar-refractivity contribution in [3.63, 3.8) is 0 Å². The zero-order valence-electron chi connectivity index (χ0n) is 12.3. The van der Waals surface area contributed by atoms with Crippen molar-refractivity contribution in [3.05, 3.63) is 60.2 Å². The molecule has 0 atom stereocenters. The Morgan fingerprint density at radius 1 is 1.00 bits per heavy atom. The van der Waals surface area contributed by atoms with Gasteiger partial charge in [0.25, 0.3) is 0 Å². The second kappa shape index (κ2) is 5.60. The van der Waals surface area contributed by atoms with Gasteiger partial charge in [0.15, 0.2) is 0 Å². The van der Waals surface area contributed by atoms with E-state index in [0.717, 1.165) is 16.6 Å². The van der Waals surface area contributed by atoms with Crippen molar-refractivity contribution in [1.82, 2.24) is 4.98 Å². The molecular weight excluding hydrogens is 310 g/mol. The number of para-hydroxylation sites is 1. The highest BCUT2D eigenvalue weighted by molar-refractivity contribution is 6.61. The van der Waals surface area contributed by atoms with Gasteiger partial charge in [-0.2, -0.15) is 0 Å². The largest absolute Gasteiger partial charge is 0.453 e. The Bertz CT molecular complexity index is 1040. The van der Waals surface area contributed by atoms with Crippen LogP contribution in [-0.4, -0.2) is 17.0 Å². The number of halogens is 1. The van der Waals surface area contributed by atoms with E-state index in [1.807, 2.05) is 18.2 Å². The van der Waals surface area contributed by atoms with E-state index < -0.39 is 5.43 Å². The van der Waals surface area contributed by atoms with Gasteiger partial charge in [0.2, 0.25) is 0 Å². The summed E-state index contributed by atoms with van der Waals surface area (Å²) in [7, 11) is 0. The van der Waals surface area contributed by atoms with Crippen LogP contribution < -0.4 is 0 Å². The van der Waals surface area contributed by atoms with Crippen LogP contribution in [0.3, 0.4) is 0 Å². The number of carbonyl (C=O) groups is 1. The van der Waals surface area contributed by atoms with Gasteiger partial charge < -0.3 is 9.72 Å². The van der Waals surface area contributed by atoms with Crippen molar-refractivity contribution in [3.8, 4) is 0 Å². The molecule has 0 amide bonds. The average Bonchev–Trinajstić information content (AvgIpc) is 2.93. The summed E-state index contributed by atoms with van der Waals surface area (Å²) in [6.07, 6.45) is 0.629. The average molecular weight is 324 g/mol.